The zero-order valence-electron chi connectivity index (χ0n) is 8.14. The predicted molar refractivity (Wildman–Crippen MR) is 65.0 cm³/mol. The molecule has 2 aromatic heterocycles. The van der Waals surface area contributed by atoms with E-state index in [-0.39, 0.29) is 0 Å². The zero-order valence-corrected chi connectivity index (χ0v) is 10.5. The van der Waals surface area contributed by atoms with Gasteiger partial charge in [-0.3, -0.25) is 4.98 Å². The predicted octanol–water partition coefficient (Wildman–Crippen LogP) is 3.70. The first-order chi connectivity index (χ1) is 7.27. The van der Waals surface area contributed by atoms with Gasteiger partial charge in [0.05, 0.1) is 4.47 Å². The molecule has 0 spiro atoms. The fraction of sp³-hybridized carbons (Fsp3) is 0.0909. The molecule has 0 atom stereocenters. The maximum atomic E-state index is 4.33. The molecule has 0 saturated heterocycles. The molecule has 0 amide bonds. The molecular formula is C11H9BrN2S. The maximum Gasteiger partial charge on any atom is 0.115 e. The molecule has 15 heavy (non-hydrogen) atoms. The minimum atomic E-state index is 0.987. The van der Waals surface area contributed by atoms with Crippen LogP contribution in [-0.2, 0) is 0 Å². The van der Waals surface area contributed by atoms with Crippen LogP contribution in [0.1, 0.15) is 5.56 Å². The van der Waals surface area contributed by atoms with E-state index in [2.05, 4.69) is 32.8 Å². The maximum absolute atomic E-state index is 4.33. The van der Waals surface area contributed by atoms with E-state index < -0.39 is 0 Å². The molecule has 2 heterocycles. The van der Waals surface area contributed by atoms with Gasteiger partial charge in [0.15, 0.2) is 0 Å². The molecule has 0 aliphatic rings. The number of pyridine rings is 2. The molecule has 0 aliphatic heterocycles. The molecule has 0 aromatic carbocycles. The summed E-state index contributed by atoms with van der Waals surface area (Å²) in [7, 11) is 0. The van der Waals surface area contributed by atoms with Crippen LogP contribution < -0.4 is 0 Å². The van der Waals surface area contributed by atoms with Crippen molar-refractivity contribution in [3.05, 3.63) is 46.8 Å². The van der Waals surface area contributed by atoms with E-state index in [4.69, 9.17) is 0 Å². The highest BCUT2D eigenvalue weighted by Gasteiger charge is 2.05. The standard InChI is InChI=1S/C11H9BrN2S/c1-8-2-7-14-11(10(8)12)15-9-3-5-13-6-4-9/h2-7H,1H3. The first kappa shape index (κ1) is 10.6. The Morgan fingerprint density at radius 1 is 1.13 bits per heavy atom. The van der Waals surface area contributed by atoms with Crippen LogP contribution in [0.2, 0.25) is 0 Å². The summed E-state index contributed by atoms with van der Waals surface area (Å²) in [6.45, 7) is 2.06. The molecule has 2 nitrogen and oxygen atoms in total. The van der Waals surface area contributed by atoms with Crippen LogP contribution in [0, 0.1) is 6.92 Å². The lowest BCUT2D eigenvalue weighted by Crippen LogP contribution is -1.85. The van der Waals surface area contributed by atoms with Crippen LogP contribution in [0.3, 0.4) is 0 Å². The summed E-state index contributed by atoms with van der Waals surface area (Å²) in [5, 5.41) is 0.987. The second-order valence-electron chi connectivity index (χ2n) is 3.03. The third-order valence-electron chi connectivity index (χ3n) is 1.91. The third kappa shape index (κ3) is 2.58. The first-order valence-electron chi connectivity index (χ1n) is 4.46. The molecular weight excluding hydrogens is 272 g/mol. The molecule has 0 radical (unpaired) electrons. The van der Waals surface area contributed by atoms with Gasteiger partial charge in [0, 0.05) is 23.5 Å². The van der Waals surface area contributed by atoms with Gasteiger partial charge in [-0.05, 0) is 46.6 Å². The fourth-order valence-corrected chi connectivity index (χ4v) is 2.43. The molecule has 4 heteroatoms. The second-order valence-corrected chi connectivity index (χ2v) is 4.89. The number of halogens is 1. The van der Waals surface area contributed by atoms with Crippen molar-refractivity contribution in [2.45, 2.75) is 16.8 Å². The molecule has 0 unspecified atom stereocenters. The average Bonchev–Trinajstić information content (AvgIpc) is 2.26. The van der Waals surface area contributed by atoms with E-state index in [1.54, 1.807) is 24.2 Å². The number of hydrogen-bond donors (Lipinski definition) is 0. The Labute approximate surface area is 101 Å². The number of nitrogens with zero attached hydrogens (tertiary/aromatic N) is 2. The summed E-state index contributed by atoms with van der Waals surface area (Å²) in [5.74, 6) is 0. The van der Waals surface area contributed by atoms with E-state index in [0.717, 1.165) is 14.4 Å². The van der Waals surface area contributed by atoms with E-state index in [1.807, 2.05) is 24.4 Å². The highest BCUT2D eigenvalue weighted by atomic mass is 79.9. The van der Waals surface area contributed by atoms with Gasteiger partial charge in [-0.2, -0.15) is 0 Å². The van der Waals surface area contributed by atoms with Crippen molar-refractivity contribution in [1.82, 2.24) is 9.97 Å². The van der Waals surface area contributed by atoms with E-state index >= 15 is 0 Å². The minimum Gasteiger partial charge on any atom is -0.265 e. The molecule has 0 fully saturated rings. The van der Waals surface area contributed by atoms with Crippen molar-refractivity contribution in [1.29, 1.82) is 0 Å². The third-order valence-corrected chi connectivity index (χ3v) is 4.19. The summed E-state index contributed by atoms with van der Waals surface area (Å²) < 4.78 is 1.06. The van der Waals surface area contributed by atoms with Crippen molar-refractivity contribution in [3.63, 3.8) is 0 Å². The summed E-state index contributed by atoms with van der Waals surface area (Å²) in [4.78, 5) is 9.45. The number of aromatic nitrogens is 2. The van der Waals surface area contributed by atoms with E-state index in [0.29, 0.717) is 0 Å². The van der Waals surface area contributed by atoms with Gasteiger partial charge >= 0.3 is 0 Å². The van der Waals surface area contributed by atoms with Gasteiger partial charge in [0.2, 0.25) is 0 Å². The SMILES string of the molecule is Cc1ccnc(Sc2ccncc2)c1Br. The van der Waals surface area contributed by atoms with Crippen molar-refractivity contribution >= 4 is 27.7 Å². The van der Waals surface area contributed by atoms with Crippen LogP contribution in [-0.4, -0.2) is 9.97 Å². The van der Waals surface area contributed by atoms with Gasteiger partial charge < -0.3 is 0 Å². The van der Waals surface area contributed by atoms with Crippen LogP contribution in [0.25, 0.3) is 0 Å². The van der Waals surface area contributed by atoms with Crippen molar-refractivity contribution in [2.24, 2.45) is 0 Å². The lowest BCUT2D eigenvalue weighted by atomic mass is 10.3. The Balaban J connectivity index is 2.29. The molecule has 2 aromatic rings. The Morgan fingerprint density at radius 2 is 1.87 bits per heavy atom. The zero-order chi connectivity index (χ0) is 10.7. The average molecular weight is 281 g/mol. The summed E-state index contributed by atoms with van der Waals surface area (Å²) in [6.07, 6.45) is 5.39. The Bertz CT molecular complexity index is 459. The van der Waals surface area contributed by atoms with Crippen LogP contribution >= 0.6 is 27.7 Å². The first-order valence-corrected chi connectivity index (χ1v) is 6.07. The number of aryl methyl sites for hydroxylation is 1. The molecule has 0 aliphatic carbocycles. The lowest BCUT2D eigenvalue weighted by Gasteiger charge is -2.04. The summed E-state index contributed by atoms with van der Waals surface area (Å²) in [5.41, 5.74) is 1.20. The summed E-state index contributed by atoms with van der Waals surface area (Å²) >= 11 is 5.17. The Hall–Kier alpha value is -0.870. The Kier molecular flexibility index (Phi) is 3.38. The normalized spacial score (nSPS) is 10.3. The molecule has 0 saturated carbocycles. The highest BCUT2D eigenvalue weighted by molar-refractivity contribution is 9.10. The van der Waals surface area contributed by atoms with E-state index in [9.17, 15) is 0 Å². The number of rotatable bonds is 2. The van der Waals surface area contributed by atoms with Gasteiger partial charge in [-0.15, -0.1) is 0 Å². The summed E-state index contributed by atoms with van der Waals surface area (Å²) in [6, 6.07) is 5.93. The molecule has 0 N–H and O–H groups in total. The molecule has 0 bridgehead atoms. The van der Waals surface area contributed by atoms with Crippen molar-refractivity contribution in [3.8, 4) is 0 Å². The second kappa shape index (κ2) is 4.77. The van der Waals surface area contributed by atoms with Crippen molar-refractivity contribution in [2.75, 3.05) is 0 Å². The van der Waals surface area contributed by atoms with Crippen LogP contribution in [0.4, 0.5) is 0 Å². The largest absolute Gasteiger partial charge is 0.265 e. The number of hydrogen-bond acceptors (Lipinski definition) is 3. The molecule has 76 valence electrons. The van der Waals surface area contributed by atoms with Gasteiger partial charge in [0.25, 0.3) is 0 Å². The molecule has 2 rings (SSSR count). The van der Waals surface area contributed by atoms with E-state index in [1.165, 1.54) is 5.56 Å². The van der Waals surface area contributed by atoms with Gasteiger partial charge in [-0.1, -0.05) is 11.8 Å². The lowest BCUT2D eigenvalue weighted by molar-refractivity contribution is 1.08. The van der Waals surface area contributed by atoms with Crippen molar-refractivity contribution < 1.29 is 0 Å². The van der Waals surface area contributed by atoms with Crippen LogP contribution in [0.5, 0.6) is 0 Å². The van der Waals surface area contributed by atoms with Gasteiger partial charge in [-0.25, -0.2) is 4.98 Å². The topological polar surface area (TPSA) is 25.8 Å². The monoisotopic (exact) mass is 280 g/mol. The Morgan fingerprint density at radius 3 is 2.60 bits per heavy atom. The smallest absolute Gasteiger partial charge is 0.115 e. The van der Waals surface area contributed by atoms with Gasteiger partial charge in [0.1, 0.15) is 5.03 Å². The minimum absolute atomic E-state index is 0.987. The highest BCUT2D eigenvalue weighted by Crippen LogP contribution is 2.32. The van der Waals surface area contributed by atoms with Crippen LogP contribution in [0.15, 0.2) is 51.2 Å². The quantitative estimate of drug-likeness (QED) is 0.839. The fourth-order valence-electron chi connectivity index (χ4n) is 1.10.